The molecule has 92 valence electrons. The molecule has 1 heterocycles. The van der Waals surface area contributed by atoms with Crippen LogP contribution in [0.4, 0.5) is 0 Å². The Morgan fingerprint density at radius 2 is 2.47 bits per heavy atom. The van der Waals surface area contributed by atoms with E-state index in [-0.39, 0.29) is 0 Å². The number of allylic oxidation sites excluding steroid dienone is 1. The van der Waals surface area contributed by atoms with Crippen LogP contribution in [0.25, 0.3) is 0 Å². The molecular weight excluding hydrogens is 351 g/mol. The Hall–Kier alpha value is -0.560. The van der Waals surface area contributed by atoms with Crippen LogP contribution in [-0.2, 0) is 6.54 Å². The van der Waals surface area contributed by atoms with Gasteiger partial charge in [-0.05, 0) is 41.4 Å². The molecule has 0 atom stereocenters. The molecule has 1 saturated carbocycles. The minimum absolute atomic E-state index is 0.490. The lowest BCUT2D eigenvalue weighted by Crippen LogP contribution is -2.13. The summed E-state index contributed by atoms with van der Waals surface area (Å²) in [5.41, 5.74) is 0.892. The summed E-state index contributed by atoms with van der Waals surface area (Å²) in [6.45, 7) is 1.58. The first-order chi connectivity index (χ1) is 8.19. The van der Waals surface area contributed by atoms with Crippen LogP contribution >= 0.6 is 34.2 Å². The molecule has 0 amide bonds. The molecule has 0 aliphatic heterocycles. The van der Waals surface area contributed by atoms with E-state index in [9.17, 15) is 0 Å². The molecule has 0 aromatic carbocycles. The number of hydrogen-bond donors (Lipinski definition) is 2. The molecule has 1 aliphatic rings. The lowest BCUT2D eigenvalue weighted by Gasteiger charge is -2.05. The zero-order valence-electron chi connectivity index (χ0n) is 9.29. The Kier molecular flexibility index (Phi) is 4.44. The van der Waals surface area contributed by atoms with Crippen molar-refractivity contribution in [3.8, 4) is 0 Å². The van der Waals surface area contributed by atoms with Gasteiger partial charge in [-0.1, -0.05) is 11.6 Å². The monoisotopic (exact) mass is 364 g/mol. The molecule has 0 saturated heterocycles. The maximum absolute atomic E-state index is 7.38. The summed E-state index contributed by atoms with van der Waals surface area (Å²) < 4.78 is 2.76. The maximum Gasteiger partial charge on any atom is 0.152 e. The number of aromatic nitrogens is 2. The van der Waals surface area contributed by atoms with E-state index in [4.69, 9.17) is 17.0 Å². The second-order valence-electron chi connectivity index (χ2n) is 4.16. The lowest BCUT2D eigenvalue weighted by atomic mass is 10.3. The topological polar surface area (TPSA) is 53.7 Å². The summed E-state index contributed by atoms with van der Waals surface area (Å²) in [5.74, 6) is 0.831. The minimum Gasteiger partial charge on any atom is -0.390 e. The summed E-state index contributed by atoms with van der Waals surface area (Å²) in [4.78, 5) is 0. The van der Waals surface area contributed by atoms with Crippen molar-refractivity contribution in [3.05, 3.63) is 26.7 Å². The lowest BCUT2D eigenvalue weighted by molar-refractivity contribution is 0.666. The molecule has 1 aliphatic carbocycles. The Balaban J connectivity index is 1.93. The first-order valence-corrected chi connectivity index (χ1v) is 6.96. The van der Waals surface area contributed by atoms with Gasteiger partial charge in [-0.2, -0.15) is 5.10 Å². The van der Waals surface area contributed by atoms with E-state index in [2.05, 4.69) is 33.0 Å². The van der Waals surface area contributed by atoms with Gasteiger partial charge >= 0.3 is 0 Å². The number of nitrogens with zero attached hydrogens (tertiary/aromatic N) is 2. The second-order valence-corrected chi connectivity index (χ2v) is 5.66. The van der Waals surface area contributed by atoms with Crippen molar-refractivity contribution in [2.45, 2.75) is 19.4 Å². The fourth-order valence-electron chi connectivity index (χ4n) is 1.46. The first kappa shape index (κ1) is 12.9. The van der Waals surface area contributed by atoms with Gasteiger partial charge < -0.3 is 10.7 Å². The third-order valence-electron chi connectivity index (χ3n) is 2.61. The van der Waals surface area contributed by atoms with Crippen molar-refractivity contribution >= 4 is 40.4 Å². The largest absolute Gasteiger partial charge is 0.390 e. The van der Waals surface area contributed by atoms with E-state index in [0.29, 0.717) is 11.7 Å². The molecule has 1 aromatic heterocycles. The summed E-state index contributed by atoms with van der Waals surface area (Å²) in [5, 5.41) is 15.3. The van der Waals surface area contributed by atoms with Gasteiger partial charge in [-0.25, -0.2) is 0 Å². The van der Waals surface area contributed by atoms with Crippen LogP contribution in [0.5, 0.6) is 0 Å². The molecule has 1 aromatic rings. The average molecular weight is 365 g/mol. The fraction of sp³-hybridized carbons (Fsp3) is 0.455. The van der Waals surface area contributed by atoms with Gasteiger partial charge in [0.25, 0.3) is 0 Å². The van der Waals surface area contributed by atoms with Gasteiger partial charge in [-0.3, -0.25) is 4.68 Å². The maximum atomic E-state index is 7.38. The standard InChI is InChI=1S/C11H14ClIN4/c12-10-3-11(13)17(16-10)7-9(4-14)6-15-5-8-1-2-8/h3-4,6,8,14-15H,1-2,5,7H2/b9-6+,14-4?. The van der Waals surface area contributed by atoms with Gasteiger partial charge in [0.05, 0.1) is 6.54 Å². The Bertz CT molecular complexity index is 437. The van der Waals surface area contributed by atoms with Crippen molar-refractivity contribution in [2.75, 3.05) is 6.54 Å². The van der Waals surface area contributed by atoms with Gasteiger partial charge in [0.15, 0.2) is 5.15 Å². The van der Waals surface area contributed by atoms with E-state index in [1.165, 1.54) is 19.1 Å². The zero-order chi connectivity index (χ0) is 12.3. The smallest absolute Gasteiger partial charge is 0.152 e. The molecule has 4 nitrogen and oxygen atoms in total. The molecule has 0 unspecified atom stereocenters. The van der Waals surface area contributed by atoms with E-state index < -0.39 is 0 Å². The van der Waals surface area contributed by atoms with Crippen LogP contribution in [0.15, 0.2) is 17.8 Å². The van der Waals surface area contributed by atoms with Gasteiger partial charge in [-0.15, -0.1) is 0 Å². The van der Waals surface area contributed by atoms with E-state index >= 15 is 0 Å². The van der Waals surface area contributed by atoms with Crippen LogP contribution in [0.2, 0.25) is 5.15 Å². The van der Waals surface area contributed by atoms with Gasteiger partial charge in [0, 0.05) is 30.6 Å². The summed E-state index contributed by atoms with van der Waals surface area (Å²) in [7, 11) is 0. The molecular formula is C11H14ClIN4. The second kappa shape index (κ2) is 5.86. The van der Waals surface area contributed by atoms with Crippen molar-refractivity contribution in [1.82, 2.24) is 15.1 Å². The Morgan fingerprint density at radius 1 is 1.71 bits per heavy atom. The van der Waals surface area contributed by atoms with E-state index in [0.717, 1.165) is 21.7 Å². The average Bonchev–Trinajstić information content (AvgIpc) is 3.04. The molecule has 0 spiro atoms. The Morgan fingerprint density at radius 3 is 3.00 bits per heavy atom. The zero-order valence-corrected chi connectivity index (χ0v) is 12.2. The molecule has 2 rings (SSSR count). The normalized spacial score (nSPS) is 16.0. The number of halogens is 2. The predicted octanol–water partition coefficient (Wildman–Crippen LogP) is 2.67. The number of nitrogens with one attached hydrogen (secondary N) is 2. The molecule has 1 fully saturated rings. The summed E-state index contributed by atoms with van der Waals surface area (Å²) in [6, 6.07) is 1.81. The predicted molar refractivity (Wildman–Crippen MR) is 77.5 cm³/mol. The first-order valence-electron chi connectivity index (χ1n) is 5.51. The third kappa shape index (κ3) is 3.99. The van der Waals surface area contributed by atoms with Crippen molar-refractivity contribution in [3.63, 3.8) is 0 Å². The minimum atomic E-state index is 0.490. The van der Waals surface area contributed by atoms with E-state index in [1.54, 1.807) is 10.7 Å². The van der Waals surface area contributed by atoms with E-state index in [1.807, 2.05) is 6.20 Å². The highest BCUT2D eigenvalue weighted by Crippen LogP contribution is 2.27. The van der Waals surface area contributed by atoms with Crippen LogP contribution in [-0.4, -0.2) is 22.5 Å². The SMILES string of the molecule is N=C/C(=C\NCC1CC1)Cn1nc(Cl)cc1I. The molecule has 0 bridgehead atoms. The highest BCUT2D eigenvalue weighted by Gasteiger charge is 2.19. The summed E-state index contributed by atoms with van der Waals surface area (Å²) >= 11 is 8.00. The third-order valence-corrected chi connectivity index (χ3v) is 3.66. The van der Waals surface area contributed by atoms with Crippen LogP contribution < -0.4 is 5.32 Å². The van der Waals surface area contributed by atoms with Crippen LogP contribution in [0, 0.1) is 15.0 Å². The Labute approximate surface area is 119 Å². The molecule has 2 N–H and O–H groups in total. The van der Waals surface area contributed by atoms with Gasteiger partial charge in [0.1, 0.15) is 3.70 Å². The number of rotatable bonds is 6. The van der Waals surface area contributed by atoms with Gasteiger partial charge in [0.2, 0.25) is 0 Å². The van der Waals surface area contributed by atoms with Crippen LogP contribution in [0.3, 0.4) is 0 Å². The molecule has 6 heteroatoms. The molecule has 0 radical (unpaired) electrons. The molecule has 17 heavy (non-hydrogen) atoms. The summed E-state index contributed by atoms with van der Waals surface area (Å²) in [6.07, 6.45) is 5.91. The van der Waals surface area contributed by atoms with Crippen LogP contribution in [0.1, 0.15) is 12.8 Å². The van der Waals surface area contributed by atoms with Crippen molar-refractivity contribution < 1.29 is 0 Å². The highest BCUT2D eigenvalue weighted by atomic mass is 127. The van der Waals surface area contributed by atoms with Crippen molar-refractivity contribution in [2.24, 2.45) is 5.92 Å². The van der Waals surface area contributed by atoms with Crippen molar-refractivity contribution in [1.29, 1.82) is 5.41 Å². The number of hydrogen-bond acceptors (Lipinski definition) is 3. The fourth-order valence-corrected chi connectivity index (χ4v) is 2.41. The quantitative estimate of drug-likeness (QED) is 0.602. The highest BCUT2D eigenvalue weighted by molar-refractivity contribution is 14.1.